The van der Waals surface area contributed by atoms with Crippen molar-refractivity contribution in [3.05, 3.63) is 23.7 Å². The molecule has 2 atom stereocenters. The van der Waals surface area contributed by atoms with Crippen molar-refractivity contribution in [2.24, 2.45) is 5.92 Å². The third-order valence-corrected chi connectivity index (χ3v) is 2.69. The normalized spacial score (nSPS) is 17.1. The smallest absolute Gasteiger partial charge is 0.106 e. The first-order valence-electron chi connectivity index (χ1n) is 5.87. The summed E-state index contributed by atoms with van der Waals surface area (Å²) >= 11 is 0. The Balaban J connectivity index is 4.05. The minimum absolute atomic E-state index is 0.354. The molecule has 1 N–H and O–H groups in total. The van der Waals surface area contributed by atoms with Crippen molar-refractivity contribution in [3.8, 4) is 0 Å². The van der Waals surface area contributed by atoms with Gasteiger partial charge in [-0.15, -0.1) is 0 Å². The maximum atomic E-state index is 13.3. The van der Waals surface area contributed by atoms with Crippen molar-refractivity contribution in [3.63, 3.8) is 0 Å². The SMILES string of the molecule is C/C=C(/F)C(CCN/C=C(\C)CC)C(C)F. The Labute approximate surface area is 97.6 Å². The predicted molar refractivity (Wildman–Crippen MR) is 65.6 cm³/mol. The first-order valence-corrected chi connectivity index (χ1v) is 5.87. The molecule has 0 heterocycles. The van der Waals surface area contributed by atoms with Crippen LogP contribution in [-0.2, 0) is 0 Å². The third-order valence-electron chi connectivity index (χ3n) is 2.69. The number of alkyl halides is 1. The summed E-state index contributed by atoms with van der Waals surface area (Å²) in [7, 11) is 0. The van der Waals surface area contributed by atoms with Crippen LogP contribution in [-0.4, -0.2) is 12.7 Å². The van der Waals surface area contributed by atoms with Gasteiger partial charge in [-0.2, -0.15) is 0 Å². The molecule has 3 heteroatoms. The van der Waals surface area contributed by atoms with Gasteiger partial charge in [-0.25, -0.2) is 8.78 Å². The zero-order valence-corrected chi connectivity index (χ0v) is 10.7. The second-order valence-electron chi connectivity index (χ2n) is 4.04. The van der Waals surface area contributed by atoms with Gasteiger partial charge in [0, 0.05) is 12.5 Å². The summed E-state index contributed by atoms with van der Waals surface area (Å²) in [6.07, 6.45) is 3.57. The molecule has 94 valence electrons. The van der Waals surface area contributed by atoms with Crippen molar-refractivity contribution in [2.45, 2.75) is 46.7 Å². The average Bonchev–Trinajstić information content (AvgIpc) is 2.27. The van der Waals surface area contributed by atoms with E-state index in [4.69, 9.17) is 0 Å². The van der Waals surface area contributed by atoms with E-state index < -0.39 is 12.1 Å². The Morgan fingerprint density at radius 3 is 2.50 bits per heavy atom. The highest BCUT2D eigenvalue weighted by atomic mass is 19.1. The molecule has 0 aliphatic heterocycles. The molecular weight excluding hydrogens is 208 g/mol. The zero-order valence-electron chi connectivity index (χ0n) is 10.7. The number of halogens is 2. The number of nitrogens with one attached hydrogen (secondary N) is 1. The van der Waals surface area contributed by atoms with E-state index in [-0.39, 0.29) is 5.83 Å². The monoisotopic (exact) mass is 231 g/mol. The molecule has 0 saturated heterocycles. The fraction of sp³-hybridized carbons (Fsp3) is 0.692. The maximum absolute atomic E-state index is 13.3. The van der Waals surface area contributed by atoms with E-state index in [0.29, 0.717) is 13.0 Å². The molecule has 0 radical (unpaired) electrons. The summed E-state index contributed by atoms with van der Waals surface area (Å²) in [5.74, 6) is -0.971. The standard InChI is InChI=1S/C13H23F2N/c1-5-10(3)9-16-8-7-12(11(4)14)13(15)6-2/h6,9,11-12,16H,5,7-8H2,1-4H3/b10-9+,13-6+. The van der Waals surface area contributed by atoms with Crippen LogP contribution in [0.5, 0.6) is 0 Å². The molecule has 0 aromatic carbocycles. The molecule has 16 heavy (non-hydrogen) atoms. The molecule has 2 unspecified atom stereocenters. The third kappa shape index (κ3) is 5.89. The van der Waals surface area contributed by atoms with Gasteiger partial charge in [0.1, 0.15) is 12.0 Å². The second-order valence-corrected chi connectivity index (χ2v) is 4.04. The van der Waals surface area contributed by atoms with Crippen molar-refractivity contribution < 1.29 is 8.78 Å². The van der Waals surface area contributed by atoms with Gasteiger partial charge in [0.15, 0.2) is 0 Å². The molecule has 0 bridgehead atoms. The van der Waals surface area contributed by atoms with E-state index in [2.05, 4.69) is 12.2 Å². The van der Waals surface area contributed by atoms with Gasteiger partial charge in [-0.3, -0.25) is 0 Å². The lowest BCUT2D eigenvalue weighted by atomic mass is 9.99. The Bertz CT molecular complexity index is 244. The summed E-state index contributed by atoms with van der Waals surface area (Å²) in [4.78, 5) is 0. The van der Waals surface area contributed by atoms with Crippen LogP contribution in [0.15, 0.2) is 23.7 Å². The number of hydrogen-bond donors (Lipinski definition) is 1. The number of hydrogen-bond acceptors (Lipinski definition) is 1. The van der Waals surface area contributed by atoms with E-state index in [1.807, 2.05) is 13.1 Å². The van der Waals surface area contributed by atoms with Crippen LogP contribution >= 0.6 is 0 Å². The van der Waals surface area contributed by atoms with Crippen LogP contribution in [0.3, 0.4) is 0 Å². The molecular formula is C13H23F2N. The van der Waals surface area contributed by atoms with Crippen LogP contribution in [0.2, 0.25) is 0 Å². The van der Waals surface area contributed by atoms with Crippen molar-refractivity contribution in [1.29, 1.82) is 0 Å². The van der Waals surface area contributed by atoms with Crippen LogP contribution in [0.4, 0.5) is 8.78 Å². The van der Waals surface area contributed by atoms with Gasteiger partial charge >= 0.3 is 0 Å². The highest BCUT2D eigenvalue weighted by Crippen LogP contribution is 2.22. The van der Waals surface area contributed by atoms with Gasteiger partial charge in [0.2, 0.25) is 0 Å². The highest BCUT2D eigenvalue weighted by molar-refractivity contribution is 4.99. The minimum Gasteiger partial charge on any atom is -0.391 e. The Kier molecular flexibility index (Phi) is 7.86. The Morgan fingerprint density at radius 1 is 1.44 bits per heavy atom. The van der Waals surface area contributed by atoms with Crippen LogP contribution in [0.1, 0.15) is 40.5 Å². The first kappa shape index (κ1) is 15.1. The zero-order chi connectivity index (χ0) is 12.6. The van der Waals surface area contributed by atoms with Gasteiger partial charge < -0.3 is 5.32 Å². The lowest BCUT2D eigenvalue weighted by Gasteiger charge is -2.16. The quantitative estimate of drug-likeness (QED) is 0.650. The molecule has 0 aromatic rings. The summed E-state index contributed by atoms with van der Waals surface area (Å²) in [5, 5.41) is 3.08. The molecule has 0 saturated carbocycles. The first-order chi connectivity index (χ1) is 7.52. The molecule has 0 amide bonds. The van der Waals surface area contributed by atoms with Crippen LogP contribution < -0.4 is 5.32 Å². The summed E-state index contributed by atoms with van der Waals surface area (Å²) in [6.45, 7) is 7.69. The maximum Gasteiger partial charge on any atom is 0.106 e. The second kappa shape index (κ2) is 8.31. The van der Waals surface area contributed by atoms with Crippen LogP contribution in [0.25, 0.3) is 0 Å². The molecule has 0 aliphatic rings. The van der Waals surface area contributed by atoms with Crippen molar-refractivity contribution in [2.75, 3.05) is 6.54 Å². The summed E-state index contributed by atoms with van der Waals surface area (Å²) in [6, 6.07) is 0. The molecule has 0 aromatic heterocycles. The largest absolute Gasteiger partial charge is 0.391 e. The highest BCUT2D eigenvalue weighted by Gasteiger charge is 2.20. The fourth-order valence-corrected chi connectivity index (χ4v) is 1.39. The molecule has 0 rings (SSSR count). The number of allylic oxidation sites excluding steroid dienone is 3. The van der Waals surface area contributed by atoms with Crippen LogP contribution in [0, 0.1) is 5.92 Å². The predicted octanol–water partition coefficient (Wildman–Crippen LogP) is 4.13. The van der Waals surface area contributed by atoms with Gasteiger partial charge in [-0.1, -0.05) is 18.6 Å². The van der Waals surface area contributed by atoms with E-state index in [0.717, 1.165) is 6.42 Å². The Morgan fingerprint density at radius 2 is 2.06 bits per heavy atom. The minimum atomic E-state index is -1.14. The van der Waals surface area contributed by atoms with Crippen molar-refractivity contribution >= 4 is 0 Å². The van der Waals surface area contributed by atoms with Gasteiger partial charge in [0.05, 0.1) is 0 Å². The molecule has 0 fully saturated rings. The van der Waals surface area contributed by atoms with E-state index in [1.54, 1.807) is 6.92 Å². The van der Waals surface area contributed by atoms with Gasteiger partial charge in [0.25, 0.3) is 0 Å². The number of rotatable bonds is 7. The molecule has 1 nitrogen and oxygen atoms in total. The molecule has 0 aliphatic carbocycles. The van der Waals surface area contributed by atoms with E-state index in [1.165, 1.54) is 18.6 Å². The lowest BCUT2D eigenvalue weighted by Crippen LogP contribution is -2.19. The van der Waals surface area contributed by atoms with Gasteiger partial charge in [-0.05, 0) is 39.8 Å². The lowest BCUT2D eigenvalue weighted by molar-refractivity contribution is 0.239. The Hall–Kier alpha value is -0.860. The summed E-state index contributed by atoms with van der Waals surface area (Å²) < 4.78 is 26.4. The summed E-state index contributed by atoms with van der Waals surface area (Å²) in [5.41, 5.74) is 1.23. The average molecular weight is 231 g/mol. The van der Waals surface area contributed by atoms with E-state index in [9.17, 15) is 8.78 Å². The van der Waals surface area contributed by atoms with E-state index >= 15 is 0 Å². The van der Waals surface area contributed by atoms with Crippen molar-refractivity contribution in [1.82, 2.24) is 5.32 Å². The fourth-order valence-electron chi connectivity index (χ4n) is 1.39. The molecule has 0 spiro atoms. The topological polar surface area (TPSA) is 12.0 Å².